The molecule has 3 aliphatic rings. The van der Waals surface area contributed by atoms with Gasteiger partial charge in [-0.05, 0) is 41.0 Å². The van der Waals surface area contributed by atoms with Crippen LogP contribution in [0.25, 0.3) is 11.1 Å². The highest BCUT2D eigenvalue weighted by molar-refractivity contribution is 5.85. The molecule has 1 aliphatic heterocycles. The van der Waals surface area contributed by atoms with Crippen LogP contribution in [0.2, 0.25) is 0 Å². The quantitative estimate of drug-likeness (QED) is 0.588. The number of alkyl carbamates (subject to hydrolysis) is 1. The summed E-state index contributed by atoms with van der Waals surface area (Å²) in [5, 5.41) is 21.9. The van der Waals surface area contributed by atoms with Gasteiger partial charge in [0.05, 0.1) is 13.1 Å². The molecule has 2 amide bonds. The molecule has 2 aromatic carbocycles. The SMILES string of the molecule is O=C(N[C@H]1CCCC[C@H]1CC(=O)N1CC(O)(C(=O)O)C1)OCC1c2ccccc2-c2ccccc21. The zero-order chi connectivity index (χ0) is 24.6. The number of carbonyl (C=O) groups is 3. The van der Waals surface area contributed by atoms with E-state index < -0.39 is 17.7 Å². The number of aliphatic carboxylic acids is 1. The molecule has 8 heteroatoms. The van der Waals surface area contributed by atoms with Gasteiger partial charge in [-0.15, -0.1) is 0 Å². The largest absolute Gasteiger partial charge is 0.479 e. The molecule has 5 rings (SSSR count). The van der Waals surface area contributed by atoms with E-state index in [1.807, 2.05) is 24.3 Å². The Kier molecular flexibility index (Phi) is 6.23. The Morgan fingerprint density at radius 1 is 0.971 bits per heavy atom. The zero-order valence-corrected chi connectivity index (χ0v) is 19.5. The molecule has 35 heavy (non-hydrogen) atoms. The lowest BCUT2D eigenvalue weighted by molar-refractivity contribution is -0.182. The first-order valence-electron chi connectivity index (χ1n) is 12.2. The van der Waals surface area contributed by atoms with Crippen molar-refractivity contribution >= 4 is 18.0 Å². The molecular weight excluding hydrogens is 448 g/mol. The lowest BCUT2D eigenvalue weighted by atomic mass is 9.81. The summed E-state index contributed by atoms with van der Waals surface area (Å²) >= 11 is 0. The first-order chi connectivity index (χ1) is 16.9. The molecule has 1 saturated heterocycles. The number of nitrogens with zero attached hydrogens (tertiary/aromatic N) is 1. The third kappa shape index (κ3) is 4.50. The van der Waals surface area contributed by atoms with Crippen molar-refractivity contribution < 1.29 is 29.3 Å². The minimum absolute atomic E-state index is 0.0173. The summed E-state index contributed by atoms with van der Waals surface area (Å²) in [7, 11) is 0. The van der Waals surface area contributed by atoms with Crippen LogP contribution in [0, 0.1) is 5.92 Å². The van der Waals surface area contributed by atoms with Crippen LogP contribution >= 0.6 is 0 Å². The van der Waals surface area contributed by atoms with Crippen LogP contribution in [0.1, 0.15) is 49.1 Å². The molecule has 184 valence electrons. The van der Waals surface area contributed by atoms with Crippen molar-refractivity contribution in [3.8, 4) is 11.1 Å². The number of ether oxygens (including phenoxy) is 1. The van der Waals surface area contributed by atoms with E-state index in [0.717, 1.165) is 36.8 Å². The second-order valence-corrected chi connectivity index (χ2v) is 9.91. The molecule has 2 fully saturated rings. The molecule has 2 aromatic rings. The second-order valence-electron chi connectivity index (χ2n) is 9.91. The molecule has 8 nitrogen and oxygen atoms in total. The highest BCUT2D eigenvalue weighted by Crippen LogP contribution is 2.44. The van der Waals surface area contributed by atoms with Gasteiger partial charge >= 0.3 is 12.1 Å². The fraction of sp³-hybridized carbons (Fsp3) is 0.444. The highest BCUT2D eigenvalue weighted by Gasteiger charge is 2.50. The van der Waals surface area contributed by atoms with Gasteiger partial charge in [0.15, 0.2) is 5.60 Å². The van der Waals surface area contributed by atoms with Crippen LogP contribution in [-0.2, 0) is 14.3 Å². The van der Waals surface area contributed by atoms with Crippen LogP contribution in [0.15, 0.2) is 48.5 Å². The number of aliphatic hydroxyl groups is 1. The molecule has 2 aliphatic carbocycles. The minimum Gasteiger partial charge on any atom is -0.479 e. The molecule has 0 aromatic heterocycles. The number of hydrogen-bond donors (Lipinski definition) is 3. The Bertz CT molecular complexity index is 1100. The number of rotatable bonds is 6. The van der Waals surface area contributed by atoms with Crippen molar-refractivity contribution in [1.29, 1.82) is 0 Å². The van der Waals surface area contributed by atoms with E-state index in [9.17, 15) is 19.5 Å². The first kappa shape index (κ1) is 23.4. The topological polar surface area (TPSA) is 116 Å². The molecule has 1 heterocycles. The van der Waals surface area contributed by atoms with E-state index in [-0.39, 0.29) is 49.9 Å². The number of benzene rings is 2. The molecular formula is C27H30N2O6. The number of carbonyl (C=O) groups excluding carboxylic acids is 2. The van der Waals surface area contributed by atoms with E-state index in [0.29, 0.717) is 0 Å². The van der Waals surface area contributed by atoms with Gasteiger partial charge in [-0.3, -0.25) is 4.79 Å². The number of carboxylic acids is 1. The fourth-order valence-corrected chi connectivity index (χ4v) is 5.68. The summed E-state index contributed by atoms with van der Waals surface area (Å²) in [6, 6.07) is 16.2. The van der Waals surface area contributed by atoms with Gasteiger partial charge in [0.25, 0.3) is 0 Å². The first-order valence-corrected chi connectivity index (χ1v) is 12.2. The number of β-amino-alcohol motifs (C(OH)–C–C–N with tert-alkyl or cyclic N) is 1. The summed E-state index contributed by atoms with van der Waals surface area (Å²) in [5.74, 6) is -1.57. The highest BCUT2D eigenvalue weighted by atomic mass is 16.5. The van der Waals surface area contributed by atoms with Gasteiger partial charge < -0.3 is 25.2 Å². The monoisotopic (exact) mass is 478 g/mol. The maximum Gasteiger partial charge on any atom is 0.407 e. The average molecular weight is 479 g/mol. The zero-order valence-electron chi connectivity index (χ0n) is 19.5. The summed E-state index contributed by atoms with van der Waals surface area (Å²) in [6.45, 7) is -0.158. The smallest absolute Gasteiger partial charge is 0.407 e. The van der Waals surface area contributed by atoms with Gasteiger partial charge in [0.1, 0.15) is 6.61 Å². The van der Waals surface area contributed by atoms with Gasteiger partial charge in [-0.25, -0.2) is 9.59 Å². The van der Waals surface area contributed by atoms with Crippen molar-refractivity contribution in [3.05, 3.63) is 59.7 Å². The van der Waals surface area contributed by atoms with Gasteiger partial charge in [-0.2, -0.15) is 0 Å². The Morgan fingerprint density at radius 2 is 1.57 bits per heavy atom. The fourth-order valence-electron chi connectivity index (χ4n) is 5.68. The Labute approximate surface area is 203 Å². The van der Waals surface area contributed by atoms with E-state index in [4.69, 9.17) is 9.84 Å². The van der Waals surface area contributed by atoms with Gasteiger partial charge in [-0.1, -0.05) is 61.4 Å². The maximum absolute atomic E-state index is 12.8. The standard InChI is InChI=1S/C27H30N2O6/c30-24(29-15-27(34,16-29)25(31)32)13-17-7-1-6-12-23(17)28-26(33)35-14-22-20-10-4-2-8-18(20)19-9-3-5-11-21(19)22/h2-5,8-11,17,22-23,34H,1,6-7,12-16H2,(H,28,33)(H,31,32)/t17-,23-/m0/s1. The van der Waals surface area contributed by atoms with Gasteiger partial charge in [0.2, 0.25) is 5.91 Å². The number of nitrogens with one attached hydrogen (secondary N) is 1. The number of likely N-dealkylation sites (tertiary alicyclic amines) is 1. The summed E-state index contributed by atoms with van der Waals surface area (Å²) in [5.41, 5.74) is 2.80. The van der Waals surface area contributed by atoms with E-state index in [2.05, 4.69) is 29.6 Å². The number of fused-ring (bicyclic) bond motifs is 3. The Hall–Kier alpha value is -3.39. The van der Waals surface area contributed by atoms with Crippen LogP contribution in [0.5, 0.6) is 0 Å². The average Bonchev–Trinajstić information content (AvgIpc) is 3.15. The van der Waals surface area contributed by atoms with Crippen LogP contribution in [0.3, 0.4) is 0 Å². The van der Waals surface area contributed by atoms with Crippen LogP contribution in [-0.4, -0.2) is 64.4 Å². The maximum atomic E-state index is 12.8. The molecule has 0 spiro atoms. The second kappa shape index (κ2) is 9.34. The van der Waals surface area contributed by atoms with Crippen LogP contribution < -0.4 is 5.32 Å². The van der Waals surface area contributed by atoms with Crippen LogP contribution in [0.4, 0.5) is 4.79 Å². The van der Waals surface area contributed by atoms with Crippen molar-refractivity contribution in [2.75, 3.05) is 19.7 Å². The summed E-state index contributed by atoms with van der Waals surface area (Å²) in [4.78, 5) is 37.9. The number of hydrogen-bond acceptors (Lipinski definition) is 5. The van der Waals surface area contributed by atoms with Gasteiger partial charge in [0, 0.05) is 18.4 Å². The molecule has 3 N–H and O–H groups in total. The lowest BCUT2D eigenvalue weighted by Crippen LogP contribution is -2.67. The summed E-state index contributed by atoms with van der Waals surface area (Å²) in [6.07, 6.45) is 3.23. The molecule has 0 bridgehead atoms. The molecule has 2 atom stereocenters. The van der Waals surface area contributed by atoms with E-state index >= 15 is 0 Å². The number of carboxylic acid groups (broad SMARTS) is 1. The summed E-state index contributed by atoms with van der Waals surface area (Å²) < 4.78 is 5.69. The van der Waals surface area contributed by atoms with Crippen molar-refractivity contribution in [2.45, 2.75) is 49.7 Å². The Morgan fingerprint density at radius 3 is 2.20 bits per heavy atom. The third-order valence-corrected chi connectivity index (χ3v) is 7.65. The van der Waals surface area contributed by atoms with Crippen molar-refractivity contribution in [3.63, 3.8) is 0 Å². The lowest BCUT2D eigenvalue weighted by Gasteiger charge is -2.44. The normalized spacial score (nSPS) is 22.5. The van der Waals surface area contributed by atoms with Crippen molar-refractivity contribution in [2.24, 2.45) is 5.92 Å². The third-order valence-electron chi connectivity index (χ3n) is 7.65. The molecule has 0 radical (unpaired) electrons. The molecule has 0 unspecified atom stereocenters. The molecule has 1 saturated carbocycles. The van der Waals surface area contributed by atoms with E-state index in [1.165, 1.54) is 16.0 Å². The van der Waals surface area contributed by atoms with Crippen molar-refractivity contribution in [1.82, 2.24) is 10.2 Å². The number of amides is 2. The Balaban J connectivity index is 1.17. The van der Waals surface area contributed by atoms with E-state index in [1.54, 1.807) is 0 Å². The predicted molar refractivity (Wildman–Crippen MR) is 128 cm³/mol. The minimum atomic E-state index is -1.85. The predicted octanol–water partition coefficient (Wildman–Crippen LogP) is 3.13.